The molecule has 0 radical (unpaired) electrons. The number of nitrogens with one attached hydrogen (secondary N) is 2. The molecule has 2 atom stereocenters. The molecule has 0 fully saturated rings. The minimum atomic E-state index is -1.29. The van der Waals surface area contributed by atoms with E-state index < -0.39 is 42.2 Å². The van der Waals surface area contributed by atoms with Crippen LogP contribution in [0.25, 0.3) is 0 Å². The molecule has 0 aromatic heterocycles. The Balaban J connectivity index is 2.51. The molecule has 0 bridgehead atoms. The number of carbonyl (C=O) groups is 3. The third kappa shape index (κ3) is 10.2. The highest BCUT2D eigenvalue weighted by molar-refractivity contribution is 5.99. The Kier molecular flexibility index (Phi) is 12.4. The molecular weight excluding hydrogens is 510 g/mol. The zero-order chi connectivity index (χ0) is 29.9. The molecule has 0 spiro atoms. The van der Waals surface area contributed by atoms with Crippen molar-refractivity contribution < 1.29 is 29.0 Å². The molecule has 3 N–H and O–H groups in total. The van der Waals surface area contributed by atoms with Gasteiger partial charge in [-0.25, -0.2) is 4.79 Å². The fourth-order valence-electron chi connectivity index (χ4n) is 4.44. The number of benzene rings is 2. The van der Waals surface area contributed by atoms with Crippen molar-refractivity contribution in [3.05, 3.63) is 59.2 Å². The summed E-state index contributed by atoms with van der Waals surface area (Å²) < 4.78 is 10.5. The number of ether oxygens (including phenoxy) is 2. The average molecular weight is 556 g/mol. The second kappa shape index (κ2) is 15.3. The third-order valence-electron chi connectivity index (χ3n) is 6.18. The molecule has 2 rings (SSSR count). The van der Waals surface area contributed by atoms with Crippen LogP contribution in [0.2, 0.25) is 0 Å². The van der Waals surface area contributed by atoms with Crippen LogP contribution in [-0.4, -0.2) is 59.8 Å². The summed E-state index contributed by atoms with van der Waals surface area (Å²) in [5.41, 5.74) is 2.29. The Morgan fingerprint density at radius 1 is 0.975 bits per heavy atom. The number of amides is 3. The molecule has 9 heteroatoms. The number of anilines is 1. The smallest absolute Gasteiger partial charge is 0.408 e. The topological polar surface area (TPSA) is 117 Å². The van der Waals surface area contributed by atoms with Crippen molar-refractivity contribution in [2.24, 2.45) is 0 Å². The monoisotopic (exact) mass is 555 g/mol. The molecule has 40 heavy (non-hydrogen) atoms. The van der Waals surface area contributed by atoms with Gasteiger partial charge in [-0.2, -0.15) is 0 Å². The molecule has 0 aliphatic heterocycles. The standard InChI is InChI=1S/C31H45N3O6/c1-8-9-10-11-16-34(29(37)26(20-35)33-30(38)40-31(4,5)6)27(23-18-21(2)17-22(3)19-23)28(36)32-24-12-14-25(39-7)15-13-24/h12-15,17-19,26-27,35H,8-11,16,20H2,1-7H3,(H,32,36)(H,33,38). The van der Waals surface area contributed by atoms with Crippen LogP contribution in [0.3, 0.4) is 0 Å². The van der Waals surface area contributed by atoms with E-state index in [1.54, 1.807) is 52.1 Å². The van der Waals surface area contributed by atoms with Crippen molar-refractivity contribution in [3.8, 4) is 5.75 Å². The lowest BCUT2D eigenvalue weighted by Gasteiger charge is -2.34. The fraction of sp³-hybridized carbons (Fsp3) is 0.516. The third-order valence-corrected chi connectivity index (χ3v) is 6.18. The zero-order valence-electron chi connectivity index (χ0n) is 24.9. The minimum absolute atomic E-state index is 0.263. The minimum Gasteiger partial charge on any atom is -0.497 e. The largest absolute Gasteiger partial charge is 0.497 e. The van der Waals surface area contributed by atoms with E-state index in [0.29, 0.717) is 23.4 Å². The van der Waals surface area contributed by atoms with Crippen molar-refractivity contribution in [1.29, 1.82) is 0 Å². The van der Waals surface area contributed by atoms with Crippen LogP contribution < -0.4 is 15.4 Å². The average Bonchev–Trinajstić information content (AvgIpc) is 2.87. The molecule has 0 saturated carbocycles. The maximum absolute atomic E-state index is 14.0. The number of hydrogen-bond donors (Lipinski definition) is 3. The lowest BCUT2D eigenvalue weighted by atomic mass is 9.98. The van der Waals surface area contributed by atoms with Gasteiger partial charge in [0.2, 0.25) is 5.91 Å². The summed E-state index contributed by atoms with van der Waals surface area (Å²) in [5, 5.41) is 15.6. The van der Waals surface area contributed by atoms with E-state index >= 15 is 0 Å². The Hall–Kier alpha value is -3.59. The summed E-state index contributed by atoms with van der Waals surface area (Å²) in [6, 6.07) is 10.4. The molecule has 0 aliphatic rings. The Morgan fingerprint density at radius 2 is 1.60 bits per heavy atom. The van der Waals surface area contributed by atoms with Gasteiger partial charge in [0.1, 0.15) is 23.4 Å². The fourth-order valence-corrected chi connectivity index (χ4v) is 4.44. The summed E-state index contributed by atoms with van der Waals surface area (Å²) in [6.07, 6.45) is 2.68. The zero-order valence-corrected chi connectivity index (χ0v) is 24.9. The highest BCUT2D eigenvalue weighted by atomic mass is 16.6. The number of aliphatic hydroxyl groups excluding tert-OH is 1. The summed E-state index contributed by atoms with van der Waals surface area (Å²) in [5.74, 6) is -0.331. The van der Waals surface area contributed by atoms with Gasteiger partial charge in [-0.15, -0.1) is 0 Å². The van der Waals surface area contributed by atoms with Crippen LogP contribution in [-0.2, 0) is 14.3 Å². The lowest BCUT2D eigenvalue weighted by molar-refractivity contribution is -0.141. The number of aliphatic hydroxyl groups is 1. The maximum atomic E-state index is 14.0. The number of rotatable bonds is 13. The number of aryl methyl sites for hydroxylation is 2. The van der Waals surface area contributed by atoms with E-state index in [0.717, 1.165) is 30.4 Å². The predicted octanol–water partition coefficient (Wildman–Crippen LogP) is 5.29. The van der Waals surface area contributed by atoms with Crippen LogP contribution in [0.15, 0.2) is 42.5 Å². The van der Waals surface area contributed by atoms with E-state index in [2.05, 4.69) is 17.6 Å². The first-order chi connectivity index (χ1) is 18.9. The van der Waals surface area contributed by atoms with Gasteiger partial charge in [0, 0.05) is 12.2 Å². The van der Waals surface area contributed by atoms with Gasteiger partial charge in [-0.1, -0.05) is 55.5 Å². The molecule has 220 valence electrons. The van der Waals surface area contributed by atoms with Crippen LogP contribution in [0.5, 0.6) is 5.75 Å². The quantitative estimate of drug-likeness (QED) is 0.289. The first-order valence-electron chi connectivity index (χ1n) is 13.8. The van der Waals surface area contributed by atoms with Crippen LogP contribution in [0, 0.1) is 13.8 Å². The first-order valence-corrected chi connectivity index (χ1v) is 13.8. The normalized spacial score (nSPS) is 12.7. The Morgan fingerprint density at radius 3 is 2.12 bits per heavy atom. The summed E-state index contributed by atoms with van der Waals surface area (Å²) >= 11 is 0. The van der Waals surface area contributed by atoms with Gasteiger partial charge in [-0.3, -0.25) is 9.59 Å². The summed E-state index contributed by atoms with van der Waals surface area (Å²) in [6.45, 7) is 10.7. The van der Waals surface area contributed by atoms with E-state index in [1.165, 1.54) is 4.90 Å². The van der Waals surface area contributed by atoms with E-state index in [1.807, 2.05) is 32.0 Å². The van der Waals surface area contributed by atoms with Gasteiger partial charge in [-0.05, 0) is 70.9 Å². The summed E-state index contributed by atoms with van der Waals surface area (Å²) in [7, 11) is 1.56. The Bertz CT molecular complexity index is 1110. The van der Waals surface area contributed by atoms with Crippen LogP contribution >= 0.6 is 0 Å². The molecule has 9 nitrogen and oxygen atoms in total. The van der Waals surface area contributed by atoms with Crippen molar-refractivity contribution >= 4 is 23.6 Å². The second-order valence-corrected chi connectivity index (χ2v) is 11.0. The van der Waals surface area contributed by atoms with Gasteiger partial charge < -0.3 is 30.1 Å². The summed E-state index contributed by atoms with van der Waals surface area (Å²) in [4.78, 5) is 41.9. The van der Waals surface area contributed by atoms with Gasteiger partial charge in [0.25, 0.3) is 5.91 Å². The number of unbranched alkanes of at least 4 members (excludes halogenated alkanes) is 3. The van der Waals surface area contributed by atoms with Crippen molar-refractivity contribution in [2.75, 3.05) is 25.6 Å². The highest BCUT2D eigenvalue weighted by Gasteiger charge is 2.36. The van der Waals surface area contributed by atoms with Gasteiger partial charge >= 0.3 is 6.09 Å². The molecule has 2 unspecified atom stereocenters. The van der Waals surface area contributed by atoms with Crippen LogP contribution in [0.1, 0.15) is 76.1 Å². The van der Waals surface area contributed by atoms with Crippen LogP contribution in [0.4, 0.5) is 10.5 Å². The molecule has 2 aromatic carbocycles. The second-order valence-electron chi connectivity index (χ2n) is 11.0. The molecule has 0 heterocycles. The molecule has 3 amide bonds. The number of carbonyl (C=O) groups excluding carboxylic acids is 3. The molecule has 0 aliphatic carbocycles. The number of alkyl carbamates (subject to hydrolysis) is 1. The van der Waals surface area contributed by atoms with Gasteiger partial charge in [0.15, 0.2) is 0 Å². The van der Waals surface area contributed by atoms with Crippen molar-refractivity contribution in [3.63, 3.8) is 0 Å². The Labute approximate surface area is 238 Å². The first kappa shape index (κ1) is 32.6. The number of nitrogens with zero attached hydrogens (tertiary/aromatic N) is 1. The number of hydrogen-bond acceptors (Lipinski definition) is 6. The predicted molar refractivity (Wildman–Crippen MR) is 156 cm³/mol. The maximum Gasteiger partial charge on any atom is 0.408 e. The van der Waals surface area contributed by atoms with E-state index in [4.69, 9.17) is 9.47 Å². The lowest BCUT2D eigenvalue weighted by Crippen LogP contribution is -2.54. The molecule has 2 aromatic rings. The highest BCUT2D eigenvalue weighted by Crippen LogP contribution is 2.27. The molecule has 0 saturated heterocycles. The number of methoxy groups -OCH3 is 1. The SMILES string of the molecule is CCCCCCN(C(=O)C(CO)NC(=O)OC(C)(C)C)C(C(=O)Nc1ccc(OC)cc1)c1cc(C)cc(C)c1. The van der Waals surface area contributed by atoms with Gasteiger partial charge in [0.05, 0.1) is 13.7 Å². The van der Waals surface area contributed by atoms with E-state index in [9.17, 15) is 19.5 Å². The van der Waals surface area contributed by atoms with Crippen molar-refractivity contribution in [2.45, 2.75) is 84.9 Å². The van der Waals surface area contributed by atoms with E-state index in [-0.39, 0.29) is 6.54 Å². The van der Waals surface area contributed by atoms with Crippen molar-refractivity contribution in [1.82, 2.24) is 10.2 Å². The molecular formula is C31H45N3O6.